The molecule has 0 radical (unpaired) electrons. The van der Waals surface area contributed by atoms with Crippen molar-refractivity contribution in [3.63, 3.8) is 0 Å². The van der Waals surface area contributed by atoms with Gasteiger partial charge in [0.2, 0.25) is 5.91 Å². The van der Waals surface area contributed by atoms with E-state index < -0.39 is 54.5 Å². The van der Waals surface area contributed by atoms with Crippen LogP contribution in [-0.2, 0) is 49.3 Å². The average molecular weight is 465 g/mol. The lowest BCUT2D eigenvalue weighted by Crippen LogP contribution is -2.66. The fourth-order valence-corrected chi connectivity index (χ4v) is 3.55. The Morgan fingerprint density at radius 2 is 1.55 bits per heavy atom. The van der Waals surface area contributed by atoms with Crippen LogP contribution >= 0.6 is 0 Å². The fraction of sp³-hybridized carbons (Fsp3) is 0.565. The molecule has 0 aromatic heterocycles. The van der Waals surface area contributed by atoms with E-state index in [1.54, 1.807) is 0 Å². The van der Waals surface area contributed by atoms with Crippen molar-refractivity contribution in [1.82, 2.24) is 5.32 Å². The summed E-state index contributed by atoms with van der Waals surface area (Å²) in [5.74, 6) is -2.28. The van der Waals surface area contributed by atoms with Gasteiger partial charge < -0.3 is 29.0 Å². The minimum atomic E-state index is -1.13. The predicted octanol–water partition coefficient (Wildman–Crippen LogP) is 1.29. The van der Waals surface area contributed by atoms with Crippen LogP contribution in [0.3, 0.4) is 0 Å². The number of hydrogen-bond donors (Lipinski definition) is 1. The molecule has 10 nitrogen and oxygen atoms in total. The number of hydrogen-bond acceptors (Lipinski definition) is 9. The van der Waals surface area contributed by atoms with Gasteiger partial charge in [0, 0.05) is 27.7 Å². The van der Waals surface area contributed by atoms with Gasteiger partial charge in [0.05, 0.1) is 6.61 Å². The van der Waals surface area contributed by atoms with Crippen molar-refractivity contribution < 1.29 is 42.9 Å². The molecular formula is C23H31NO9. The lowest BCUT2D eigenvalue weighted by molar-refractivity contribution is -0.277. The number of ether oxygens (including phenoxy) is 5. The first-order chi connectivity index (χ1) is 15.7. The maximum atomic E-state index is 11.9. The summed E-state index contributed by atoms with van der Waals surface area (Å²) in [7, 11) is 0. The normalized spacial score (nSPS) is 24.4. The van der Waals surface area contributed by atoms with Crippen LogP contribution in [0.2, 0.25) is 0 Å². The van der Waals surface area contributed by atoms with Gasteiger partial charge in [0.15, 0.2) is 18.5 Å². The maximum Gasteiger partial charge on any atom is 0.303 e. The molecule has 1 aromatic carbocycles. The molecule has 0 bridgehead atoms. The molecule has 1 saturated heterocycles. The van der Waals surface area contributed by atoms with E-state index in [1.165, 1.54) is 27.7 Å². The molecule has 2 rings (SSSR count). The first-order valence-corrected chi connectivity index (χ1v) is 10.7. The lowest BCUT2D eigenvalue weighted by atomic mass is 9.96. The zero-order chi connectivity index (χ0) is 24.4. The smallest absolute Gasteiger partial charge is 0.303 e. The van der Waals surface area contributed by atoms with Crippen molar-refractivity contribution in [2.24, 2.45) is 0 Å². The second kappa shape index (κ2) is 12.9. The number of benzene rings is 1. The van der Waals surface area contributed by atoms with Crippen molar-refractivity contribution >= 4 is 23.8 Å². The van der Waals surface area contributed by atoms with E-state index in [9.17, 15) is 19.2 Å². The minimum Gasteiger partial charge on any atom is -0.463 e. The van der Waals surface area contributed by atoms with Crippen LogP contribution in [0.4, 0.5) is 0 Å². The van der Waals surface area contributed by atoms with Gasteiger partial charge in [0.25, 0.3) is 0 Å². The zero-order valence-corrected chi connectivity index (χ0v) is 19.3. The Balaban J connectivity index is 2.21. The number of nitrogens with one attached hydrogen (secondary N) is 1. The molecule has 0 aliphatic carbocycles. The average Bonchev–Trinajstić information content (AvgIpc) is 2.73. The third kappa shape index (κ3) is 8.82. The van der Waals surface area contributed by atoms with Crippen molar-refractivity contribution in [1.29, 1.82) is 0 Å². The van der Waals surface area contributed by atoms with Crippen LogP contribution in [0.5, 0.6) is 0 Å². The van der Waals surface area contributed by atoms with E-state index in [-0.39, 0.29) is 13.2 Å². The van der Waals surface area contributed by atoms with Gasteiger partial charge in [-0.2, -0.15) is 0 Å². The van der Waals surface area contributed by atoms with Crippen LogP contribution in [0.25, 0.3) is 0 Å². The molecule has 1 aromatic rings. The van der Waals surface area contributed by atoms with Crippen LogP contribution in [0.15, 0.2) is 30.3 Å². The van der Waals surface area contributed by atoms with Crippen LogP contribution in [0, 0.1) is 0 Å². The Hall–Kier alpha value is -2.98. The Labute approximate surface area is 192 Å². The number of rotatable bonds is 10. The van der Waals surface area contributed by atoms with Gasteiger partial charge in [-0.1, -0.05) is 30.3 Å². The standard InChI is InChI=1S/C23H31NO9/c1-14(25)24-20-22(32-17(4)28)21(31-16(3)27)19(13-30-15(2)26)33-23(20)29-12-8-11-18-9-6-5-7-10-18/h5-7,9-10,19-23H,8,11-13H2,1-4H3,(H,24,25)/t19-,20+,21-,22-,23-/m1/s1. The van der Waals surface area contributed by atoms with Crippen LogP contribution in [-0.4, -0.2) is 67.7 Å². The van der Waals surface area contributed by atoms with Crippen LogP contribution in [0.1, 0.15) is 39.7 Å². The van der Waals surface area contributed by atoms with Gasteiger partial charge in [-0.25, -0.2) is 0 Å². The summed E-state index contributed by atoms with van der Waals surface area (Å²) in [4.78, 5) is 46.8. The molecule has 182 valence electrons. The van der Waals surface area contributed by atoms with Gasteiger partial charge in [0.1, 0.15) is 18.8 Å². The highest BCUT2D eigenvalue weighted by Crippen LogP contribution is 2.28. The number of amides is 1. The molecule has 1 heterocycles. The predicted molar refractivity (Wildman–Crippen MR) is 115 cm³/mol. The molecule has 0 unspecified atom stereocenters. The molecule has 10 heteroatoms. The molecule has 1 N–H and O–H groups in total. The lowest BCUT2D eigenvalue weighted by Gasteiger charge is -2.44. The zero-order valence-electron chi connectivity index (χ0n) is 19.3. The summed E-state index contributed by atoms with van der Waals surface area (Å²) in [6.07, 6.45) is -2.85. The Morgan fingerprint density at radius 3 is 2.12 bits per heavy atom. The van der Waals surface area contributed by atoms with Gasteiger partial charge in [-0.3, -0.25) is 19.2 Å². The van der Waals surface area contributed by atoms with E-state index in [0.717, 1.165) is 12.0 Å². The SMILES string of the molecule is CC(=O)N[C@@H]1[C@H](OCCCc2ccccc2)O[C@H](COC(C)=O)[C@@H](OC(C)=O)[C@@H]1OC(C)=O. The fourth-order valence-electron chi connectivity index (χ4n) is 3.55. The molecule has 33 heavy (non-hydrogen) atoms. The Bertz CT molecular complexity index is 813. The molecule has 1 aliphatic rings. The second-order valence-corrected chi connectivity index (χ2v) is 7.68. The summed E-state index contributed by atoms with van der Waals surface area (Å²) >= 11 is 0. The van der Waals surface area contributed by atoms with E-state index in [0.29, 0.717) is 6.42 Å². The summed E-state index contributed by atoms with van der Waals surface area (Å²) < 4.78 is 27.7. The van der Waals surface area contributed by atoms with E-state index >= 15 is 0 Å². The summed E-state index contributed by atoms with van der Waals surface area (Å²) in [6, 6.07) is 8.89. The van der Waals surface area contributed by atoms with E-state index in [4.69, 9.17) is 23.7 Å². The molecule has 0 saturated carbocycles. The van der Waals surface area contributed by atoms with Crippen molar-refractivity contribution in [3.05, 3.63) is 35.9 Å². The second-order valence-electron chi connectivity index (χ2n) is 7.68. The van der Waals surface area contributed by atoms with Crippen molar-refractivity contribution in [3.8, 4) is 0 Å². The number of carbonyl (C=O) groups is 4. The Morgan fingerprint density at radius 1 is 0.909 bits per heavy atom. The van der Waals surface area contributed by atoms with E-state index in [1.807, 2.05) is 30.3 Å². The monoisotopic (exact) mass is 465 g/mol. The maximum absolute atomic E-state index is 11.9. The summed E-state index contributed by atoms with van der Waals surface area (Å²) in [5.41, 5.74) is 1.14. The van der Waals surface area contributed by atoms with Crippen molar-refractivity contribution in [2.45, 2.75) is 71.2 Å². The first kappa shape index (κ1) is 26.3. The molecule has 1 aliphatic heterocycles. The molecule has 5 atom stereocenters. The molecule has 1 fully saturated rings. The van der Waals surface area contributed by atoms with Crippen molar-refractivity contribution in [2.75, 3.05) is 13.2 Å². The number of carbonyl (C=O) groups excluding carboxylic acids is 4. The highest BCUT2D eigenvalue weighted by Gasteiger charge is 2.51. The topological polar surface area (TPSA) is 126 Å². The largest absolute Gasteiger partial charge is 0.463 e. The highest BCUT2D eigenvalue weighted by atomic mass is 16.7. The molecular weight excluding hydrogens is 434 g/mol. The summed E-state index contributed by atoms with van der Waals surface area (Å²) in [5, 5.41) is 2.67. The number of aryl methyl sites for hydroxylation is 1. The Kier molecular flexibility index (Phi) is 10.3. The van der Waals surface area contributed by atoms with Gasteiger partial charge in [-0.05, 0) is 18.4 Å². The number of esters is 3. The summed E-state index contributed by atoms with van der Waals surface area (Å²) in [6.45, 7) is 4.92. The van der Waals surface area contributed by atoms with Gasteiger partial charge >= 0.3 is 17.9 Å². The third-order valence-electron chi connectivity index (χ3n) is 4.81. The van der Waals surface area contributed by atoms with Gasteiger partial charge in [-0.15, -0.1) is 0 Å². The molecule has 0 spiro atoms. The first-order valence-electron chi connectivity index (χ1n) is 10.7. The quantitative estimate of drug-likeness (QED) is 0.309. The highest BCUT2D eigenvalue weighted by molar-refractivity contribution is 5.73. The molecule has 1 amide bonds. The van der Waals surface area contributed by atoms with Crippen LogP contribution < -0.4 is 5.32 Å². The third-order valence-corrected chi connectivity index (χ3v) is 4.81. The van der Waals surface area contributed by atoms with E-state index in [2.05, 4.69) is 5.32 Å². The minimum absolute atomic E-state index is 0.262.